The Hall–Kier alpha value is -1.66. The van der Waals surface area contributed by atoms with Crippen LogP contribution in [0.1, 0.15) is 5.56 Å². The zero-order chi connectivity index (χ0) is 11.0. The number of nitrogens with zero attached hydrogens (tertiary/aromatic N) is 1. The minimum atomic E-state index is -0.404. The first-order valence-electron chi connectivity index (χ1n) is 4.09. The van der Waals surface area contributed by atoms with Gasteiger partial charge in [-0.3, -0.25) is 0 Å². The fraction of sp³-hybridized carbons (Fsp3) is 0.182. The molecule has 2 nitrogen and oxygen atoms in total. The van der Waals surface area contributed by atoms with Crippen LogP contribution in [0.15, 0.2) is 30.8 Å². The molecule has 1 aromatic rings. The summed E-state index contributed by atoms with van der Waals surface area (Å²) in [5, 5.41) is 11.1. The molecule has 0 aliphatic rings. The van der Waals surface area contributed by atoms with E-state index in [1.54, 1.807) is 18.2 Å². The number of allylic oxidation sites excluding steroid dienone is 1. The zero-order valence-electron chi connectivity index (χ0n) is 8.34. The van der Waals surface area contributed by atoms with Crippen molar-refractivity contribution in [2.75, 3.05) is 14.1 Å². The summed E-state index contributed by atoms with van der Waals surface area (Å²) in [6, 6.07) is 7.86. The molecule has 0 saturated heterocycles. The van der Waals surface area contributed by atoms with Crippen molar-refractivity contribution in [3.05, 3.63) is 42.2 Å². The van der Waals surface area contributed by atoms with E-state index >= 15 is 0 Å². The van der Waals surface area contributed by atoms with Crippen molar-refractivity contribution in [1.29, 1.82) is 5.26 Å². The Morgan fingerprint density at radius 3 is 2.36 bits per heavy atom. The average molecular weight is 192 g/mol. The Morgan fingerprint density at radius 1 is 1.43 bits per heavy atom. The maximum Gasteiger partial charge on any atom is 0.131 e. The van der Waals surface area contributed by atoms with E-state index in [0.29, 0.717) is 0 Å². The fourth-order valence-electron chi connectivity index (χ4n) is 0.766. The van der Waals surface area contributed by atoms with Gasteiger partial charge in [-0.25, -0.2) is 4.39 Å². The Labute approximate surface area is 83.7 Å². The van der Waals surface area contributed by atoms with Crippen LogP contribution in [-0.4, -0.2) is 14.1 Å². The molecule has 0 aliphatic heterocycles. The molecule has 0 unspecified atom stereocenters. The Kier molecular flexibility index (Phi) is 6.01. The molecule has 0 amide bonds. The topological polar surface area (TPSA) is 35.8 Å². The van der Waals surface area contributed by atoms with Gasteiger partial charge in [-0.15, -0.1) is 0 Å². The molecule has 0 fully saturated rings. The summed E-state index contributed by atoms with van der Waals surface area (Å²) in [7, 11) is 3.75. The maximum absolute atomic E-state index is 12.8. The third-order valence-electron chi connectivity index (χ3n) is 1.33. The molecule has 0 saturated carbocycles. The smallest absolute Gasteiger partial charge is 0.131 e. The molecule has 0 spiro atoms. The van der Waals surface area contributed by atoms with Crippen molar-refractivity contribution in [3.63, 3.8) is 0 Å². The van der Waals surface area contributed by atoms with Gasteiger partial charge in [0.2, 0.25) is 0 Å². The average Bonchev–Trinajstić information content (AvgIpc) is 2.19. The first kappa shape index (κ1) is 12.3. The van der Waals surface area contributed by atoms with Gasteiger partial charge in [0.15, 0.2) is 0 Å². The number of nitrogens with one attached hydrogen (secondary N) is 1. The van der Waals surface area contributed by atoms with Crippen molar-refractivity contribution >= 4 is 5.57 Å². The molecule has 14 heavy (non-hydrogen) atoms. The number of hydrogen-bond donors (Lipinski definition) is 1. The minimum absolute atomic E-state index is 0.156. The first-order chi connectivity index (χ1) is 6.67. The van der Waals surface area contributed by atoms with Crippen molar-refractivity contribution in [3.8, 4) is 6.07 Å². The second kappa shape index (κ2) is 6.81. The van der Waals surface area contributed by atoms with Crippen LogP contribution in [0.5, 0.6) is 0 Å². The molecule has 1 N–H and O–H groups in total. The lowest BCUT2D eigenvalue weighted by molar-refractivity contribution is 0.624. The molecule has 1 aromatic carbocycles. The number of hydrogen-bond acceptors (Lipinski definition) is 2. The molecular formula is C11H13FN2. The Balaban J connectivity index is 0.000000500. The lowest BCUT2D eigenvalue weighted by atomic mass is 10.1. The molecule has 1 rings (SSSR count). The highest BCUT2D eigenvalue weighted by atomic mass is 19.1. The van der Waals surface area contributed by atoms with E-state index in [1.165, 1.54) is 12.1 Å². The molecule has 0 heterocycles. The zero-order valence-corrected chi connectivity index (χ0v) is 8.34. The number of rotatable bonds is 1. The highest BCUT2D eigenvalue weighted by molar-refractivity contribution is 5.74. The number of benzene rings is 1. The highest BCUT2D eigenvalue weighted by Crippen LogP contribution is 2.14. The maximum atomic E-state index is 12.8. The third-order valence-corrected chi connectivity index (χ3v) is 1.33. The van der Waals surface area contributed by atoms with E-state index in [2.05, 4.69) is 11.9 Å². The lowest BCUT2D eigenvalue weighted by Crippen LogP contribution is -1.89. The Morgan fingerprint density at radius 2 is 1.93 bits per heavy atom. The van der Waals surface area contributed by atoms with Crippen LogP contribution in [-0.2, 0) is 0 Å². The lowest BCUT2D eigenvalue weighted by Gasteiger charge is -1.96. The van der Waals surface area contributed by atoms with E-state index in [0.717, 1.165) is 0 Å². The van der Waals surface area contributed by atoms with Gasteiger partial charge in [0.1, 0.15) is 5.82 Å². The molecule has 3 heteroatoms. The Bertz CT molecular complexity index is 339. The largest absolute Gasteiger partial charge is 0.323 e. The van der Waals surface area contributed by atoms with Gasteiger partial charge >= 0.3 is 0 Å². The monoisotopic (exact) mass is 192 g/mol. The van der Waals surface area contributed by atoms with Gasteiger partial charge in [-0.2, -0.15) is 5.26 Å². The van der Waals surface area contributed by atoms with Crippen molar-refractivity contribution in [1.82, 2.24) is 5.32 Å². The summed E-state index contributed by atoms with van der Waals surface area (Å²) < 4.78 is 12.8. The minimum Gasteiger partial charge on any atom is -0.323 e. The quantitative estimate of drug-likeness (QED) is 0.692. The van der Waals surface area contributed by atoms with E-state index in [9.17, 15) is 4.39 Å². The molecule has 0 aliphatic carbocycles. The molecule has 0 aromatic heterocycles. The second-order valence-corrected chi connectivity index (χ2v) is 2.57. The second-order valence-electron chi connectivity index (χ2n) is 2.57. The van der Waals surface area contributed by atoms with Gasteiger partial charge < -0.3 is 5.32 Å². The van der Waals surface area contributed by atoms with Crippen LogP contribution < -0.4 is 5.32 Å². The number of halogens is 1. The summed E-state index contributed by atoms with van der Waals surface area (Å²) in [5.74, 6) is -0.404. The summed E-state index contributed by atoms with van der Waals surface area (Å²) in [6.45, 7) is 3.40. The summed E-state index contributed by atoms with van der Waals surface area (Å²) in [5.41, 5.74) is 0.429. The van der Waals surface area contributed by atoms with Crippen LogP contribution in [0.2, 0.25) is 0 Å². The van der Waals surface area contributed by atoms with Gasteiger partial charge in [0.25, 0.3) is 0 Å². The van der Waals surface area contributed by atoms with E-state index in [-0.39, 0.29) is 11.1 Å². The van der Waals surface area contributed by atoms with Gasteiger partial charge in [0.05, 0.1) is 11.6 Å². The molecule has 74 valence electrons. The predicted molar refractivity (Wildman–Crippen MR) is 56.0 cm³/mol. The normalized spacial score (nSPS) is 8.14. The van der Waals surface area contributed by atoms with Crippen molar-refractivity contribution in [2.24, 2.45) is 0 Å². The number of nitriles is 1. The van der Waals surface area contributed by atoms with Gasteiger partial charge in [-0.1, -0.05) is 24.8 Å². The SMILES string of the molecule is C=C(C#N)c1ccccc1F.CNC. The van der Waals surface area contributed by atoms with Crippen LogP contribution in [0.3, 0.4) is 0 Å². The standard InChI is InChI=1S/C9H6FN.C2H7N/c1-7(6-11)8-4-2-3-5-9(8)10;1-3-2/h2-5H,1H2;3H,1-2H3. The van der Waals surface area contributed by atoms with E-state index < -0.39 is 5.82 Å². The van der Waals surface area contributed by atoms with E-state index in [4.69, 9.17) is 5.26 Å². The van der Waals surface area contributed by atoms with Crippen LogP contribution in [0.4, 0.5) is 4.39 Å². The highest BCUT2D eigenvalue weighted by Gasteiger charge is 2.02. The summed E-state index contributed by atoms with van der Waals surface area (Å²) >= 11 is 0. The van der Waals surface area contributed by atoms with Gasteiger partial charge in [0, 0.05) is 5.56 Å². The van der Waals surface area contributed by atoms with Crippen molar-refractivity contribution < 1.29 is 4.39 Å². The molecular weight excluding hydrogens is 179 g/mol. The fourth-order valence-corrected chi connectivity index (χ4v) is 0.766. The van der Waals surface area contributed by atoms with E-state index in [1.807, 2.05) is 14.1 Å². The van der Waals surface area contributed by atoms with Gasteiger partial charge in [-0.05, 0) is 20.2 Å². The van der Waals surface area contributed by atoms with Crippen LogP contribution in [0, 0.1) is 17.1 Å². The summed E-state index contributed by atoms with van der Waals surface area (Å²) in [6.07, 6.45) is 0. The molecule has 0 atom stereocenters. The van der Waals surface area contributed by atoms with Crippen molar-refractivity contribution in [2.45, 2.75) is 0 Å². The first-order valence-corrected chi connectivity index (χ1v) is 4.09. The summed E-state index contributed by atoms with van der Waals surface area (Å²) in [4.78, 5) is 0. The van der Waals surface area contributed by atoms with Crippen LogP contribution in [0.25, 0.3) is 5.57 Å². The molecule has 0 radical (unpaired) electrons. The third kappa shape index (κ3) is 3.83. The predicted octanol–water partition coefficient (Wildman–Crippen LogP) is 2.20. The molecule has 0 bridgehead atoms. The van der Waals surface area contributed by atoms with Crippen LogP contribution >= 0.6 is 0 Å².